The molecule has 4 nitrogen and oxygen atoms in total. The maximum atomic E-state index is 6.21. The van der Waals surface area contributed by atoms with E-state index in [2.05, 4.69) is 139 Å². The molecule has 0 aliphatic rings. The van der Waals surface area contributed by atoms with Crippen molar-refractivity contribution in [1.29, 1.82) is 0 Å². The molecule has 12 rings (SSSR count). The van der Waals surface area contributed by atoms with E-state index < -0.39 is 0 Å². The van der Waals surface area contributed by atoms with Crippen LogP contribution in [0.2, 0.25) is 0 Å². The van der Waals surface area contributed by atoms with Crippen LogP contribution in [0.15, 0.2) is 191 Å². The van der Waals surface area contributed by atoms with Crippen LogP contribution in [0.1, 0.15) is 23.6 Å². The first-order valence-corrected chi connectivity index (χ1v) is 21.3. The van der Waals surface area contributed by atoms with Gasteiger partial charge in [0.15, 0.2) is 5.84 Å². The topological polar surface area (TPSA) is 42.8 Å². The summed E-state index contributed by atoms with van der Waals surface area (Å²) in [5.41, 5.74) is 9.62. The summed E-state index contributed by atoms with van der Waals surface area (Å²) in [4.78, 5) is 10.5. The van der Waals surface area contributed by atoms with Gasteiger partial charge in [0.1, 0.15) is 11.2 Å². The molecule has 0 unspecified atom stereocenters. The lowest BCUT2D eigenvalue weighted by Crippen LogP contribution is -2.04. The van der Waals surface area contributed by atoms with Gasteiger partial charge in [-0.2, -0.15) is 0 Å². The second-order valence-corrected chi connectivity index (χ2v) is 17.1. The standard InChI is InChI=1S/C53H33N3OS2/c1-31(35-19-12-23-44-49(35)38-17-7-10-22-43(38)57-44)54-53(33-14-4-3-5-15-33)55-32(2)36-20-13-25-47-50(36)40-30-34(26-28-46(40)59-47)56-41-21-9-6-16-37(41)51-42(56)27-29-48-52(51)39-18-8-11-24-45(39)58-48/h3-30H,1H2,2H3/b54-53-,55-32+. The van der Waals surface area contributed by atoms with Gasteiger partial charge in [0.05, 0.1) is 16.7 Å². The SMILES string of the molecule is C=C(/N=C(\N=C(/C)c1cccc2sc3ccc(-n4c5ccccc5c5c6c(ccc54)sc4ccccc46)cc3c12)c1ccccc1)c1cccc2oc3ccccc3c12. The van der Waals surface area contributed by atoms with Gasteiger partial charge < -0.3 is 8.98 Å². The van der Waals surface area contributed by atoms with Crippen molar-refractivity contribution in [2.45, 2.75) is 6.92 Å². The lowest BCUT2D eigenvalue weighted by molar-refractivity contribution is 0.669. The molecule has 278 valence electrons. The predicted molar refractivity (Wildman–Crippen MR) is 255 cm³/mol. The molecule has 12 aromatic rings. The number of fused-ring (bicyclic) bond motifs is 13. The predicted octanol–water partition coefficient (Wildman–Crippen LogP) is 15.3. The number of rotatable bonds is 5. The fourth-order valence-electron chi connectivity index (χ4n) is 8.97. The number of para-hydroxylation sites is 2. The van der Waals surface area contributed by atoms with E-state index >= 15 is 0 Å². The summed E-state index contributed by atoms with van der Waals surface area (Å²) in [5.74, 6) is 0.604. The maximum Gasteiger partial charge on any atom is 0.160 e. The first-order valence-electron chi connectivity index (χ1n) is 19.7. The summed E-state index contributed by atoms with van der Waals surface area (Å²) >= 11 is 3.69. The van der Waals surface area contributed by atoms with Crippen molar-refractivity contribution < 1.29 is 4.42 Å². The van der Waals surface area contributed by atoms with Crippen molar-refractivity contribution in [3.63, 3.8) is 0 Å². The zero-order valence-corrected chi connectivity index (χ0v) is 33.6. The molecular weight excluding hydrogens is 759 g/mol. The Morgan fingerprint density at radius 2 is 1.15 bits per heavy atom. The van der Waals surface area contributed by atoms with Crippen molar-refractivity contribution >= 4 is 124 Å². The van der Waals surface area contributed by atoms with Crippen LogP contribution in [0.3, 0.4) is 0 Å². The van der Waals surface area contributed by atoms with E-state index in [1.54, 1.807) is 0 Å². The first-order chi connectivity index (χ1) is 29.1. The summed E-state index contributed by atoms with van der Waals surface area (Å²) in [5, 5.41) is 9.68. The second kappa shape index (κ2) is 13.2. The molecule has 0 aliphatic heterocycles. The Morgan fingerprint density at radius 1 is 0.492 bits per heavy atom. The van der Waals surface area contributed by atoms with Crippen LogP contribution in [-0.2, 0) is 0 Å². The van der Waals surface area contributed by atoms with Crippen LogP contribution in [-0.4, -0.2) is 16.1 Å². The molecule has 0 spiro atoms. The number of thiophene rings is 2. The summed E-state index contributed by atoms with van der Waals surface area (Å²) in [6.45, 7) is 6.59. The normalized spacial score (nSPS) is 12.8. The van der Waals surface area contributed by atoms with Gasteiger partial charge in [0, 0.05) is 90.0 Å². The summed E-state index contributed by atoms with van der Waals surface area (Å²) in [6, 6.07) is 60.1. The minimum atomic E-state index is 0.604. The molecular formula is C53H33N3OS2. The number of aromatic nitrogens is 1. The molecule has 0 fully saturated rings. The van der Waals surface area contributed by atoms with Gasteiger partial charge in [-0.3, -0.25) is 0 Å². The molecule has 4 heterocycles. The first kappa shape index (κ1) is 34.0. The number of amidine groups is 1. The largest absolute Gasteiger partial charge is 0.456 e. The summed E-state index contributed by atoms with van der Waals surface area (Å²) in [6.07, 6.45) is 0. The second-order valence-electron chi connectivity index (χ2n) is 15.0. The van der Waals surface area contributed by atoms with E-state index in [1.165, 1.54) is 62.2 Å². The number of nitrogens with zero attached hydrogens (tertiary/aromatic N) is 3. The van der Waals surface area contributed by atoms with Crippen LogP contribution in [0, 0.1) is 0 Å². The lowest BCUT2D eigenvalue weighted by Gasteiger charge is -2.10. The highest BCUT2D eigenvalue weighted by atomic mass is 32.1. The molecule has 0 radical (unpaired) electrons. The van der Waals surface area contributed by atoms with Gasteiger partial charge in [-0.1, -0.05) is 116 Å². The smallest absolute Gasteiger partial charge is 0.160 e. The molecule has 0 bridgehead atoms. The van der Waals surface area contributed by atoms with Crippen LogP contribution >= 0.6 is 22.7 Å². The highest BCUT2D eigenvalue weighted by Crippen LogP contribution is 2.44. The molecule has 6 heteroatoms. The Hall–Kier alpha value is -7.12. The zero-order chi connectivity index (χ0) is 39.2. The quantitative estimate of drug-likeness (QED) is 0.126. The van der Waals surface area contributed by atoms with E-state index in [-0.39, 0.29) is 0 Å². The van der Waals surface area contributed by atoms with Gasteiger partial charge in [-0.25, -0.2) is 9.98 Å². The van der Waals surface area contributed by atoms with Gasteiger partial charge >= 0.3 is 0 Å². The summed E-state index contributed by atoms with van der Waals surface area (Å²) < 4.78 is 13.7. The van der Waals surface area contributed by atoms with E-state index in [9.17, 15) is 0 Å². The molecule has 0 aliphatic carbocycles. The number of hydrogen-bond acceptors (Lipinski definition) is 4. The van der Waals surface area contributed by atoms with Crippen LogP contribution < -0.4 is 0 Å². The van der Waals surface area contributed by atoms with E-state index in [0.29, 0.717) is 11.5 Å². The van der Waals surface area contributed by atoms with Gasteiger partial charge in [0.25, 0.3) is 0 Å². The Kier molecular flexibility index (Phi) is 7.61. The van der Waals surface area contributed by atoms with E-state index in [1.807, 2.05) is 71.2 Å². The minimum absolute atomic E-state index is 0.604. The third-order valence-electron chi connectivity index (χ3n) is 11.6. The molecule has 0 N–H and O–H groups in total. The highest BCUT2D eigenvalue weighted by Gasteiger charge is 2.20. The average molecular weight is 792 g/mol. The van der Waals surface area contributed by atoms with Crippen LogP contribution in [0.4, 0.5) is 0 Å². The molecule has 0 amide bonds. The number of furan rings is 1. The Balaban J connectivity index is 1.03. The monoisotopic (exact) mass is 791 g/mol. The Morgan fingerprint density at radius 3 is 2.03 bits per heavy atom. The van der Waals surface area contributed by atoms with Gasteiger partial charge in [-0.05, 0) is 67.6 Å². The van der Waals surface area contributed by atoms with Crippen LogP contribution in [0.5, 0.6) is 0 Å². The van der Waals surface area contributed by atoms with Gasteiger partial charge in [0.2, 0.25) is 0 Å². The Bertz CT molecular complexity index is 3760. The molecule has 0 saturated carbocycles. The Labute approximate surface area is 346 Å². The van der Waals surface area contributed by atoms with E-state index in [0.717, 1.165) is 50.0 Å². The van der Waals surface area contributed by atoms with Crippen molar-refractivity contribution in [2.75, 3.05) is 0 Å². The van der Waals surface area contributed by atoms with Gasteiger partial charge in [-0.15, -0.1) is 22.7 Å². The van der Waals surface area contributed by atoms with Crippen molar-refractivity contribution in [2.24, 2.45) is 9.98 Å². The average Bonchev–Trinajstić information content (AvgIpc) is 4.04. The van der Waals surface area contributed by atoms with Crippen molar-refractivity contribution in [3.05, 3.63) is 193 Å². The van der Waals surface area contributed by atoms with Crippen molar-refractivity contribution in [3.8, 4) is 5.69 Å². The van der Waals surface area contributed by atoms with Crippen molar-refractivity contribution in [1.82, 2.24) is 4.57 Å². The highest BCUT2D eigenvalue weighted by molar-refractivity contribution is 7.26. The number of aliphatic imine (C=N–C) groups is 2. The third kappa shape index (κ3) is 5.27. The molecule has 4 aromatic heterocycles. The zero-order valence-electron chi connectivity index (χ0n) is 31.9. The van der Waals surface area contributed by atoms with E-state index in [4.69, 9.17) is 14.4 Å². The fourth-order valence-corrected chi connectivity index (χ4v) is 11.2. The number of benzene rings is 8. The third-order valence-corrected chi connectivity index (χ3v) is 13.8. The molecule has 0 saturated heterocycles. The fraction of sp³-hybridized carbons (Fsp3) is 0.0189. The number of hydrogen-bond donors (Lipinski definition) is 0. The maximum absolute atomic E-state index is 6.21. The molecule has 8 aromatic carbocycles. The molecule has 59 heavy (non-hydrogen) atoms. The van der Waals surface area contributed by atoms with Crippen LogP contribution in [0.25, 0.3) is 95.5 Å². The minimum Gasteiger partial charge on any atom is -0.456 e. The molecule has 0 atom stereocenters. The lowest BCUT2D eigenvalue weighted by atomic mass is 10.0. The summed E-state index contributed by atoms with van der Waals surface area (Å²) in [7, 11) is 0.